The van der Waals surface area contributed by atoms with Gasteiger partial charge < -0.3 is 9.47 Å². The van der Waals surface area contributed by atoms with E-state index in [9.17, 15) is 9.59 Å². The van der Waals surface area contributed by atoms with Gasteiger partial charge in [-0.25, -0.2) is 0 Å². The van der Waals surface area contributed by atoms with Gasteiger partial charge in [-0.15, -0.1) is 13.2 Å². The second-order valence-corrected chi connectivity index (χ2v) is 5.33. The van der Waals surface area contributed by atoms with E-state index in [0.29, 0.717) is 12.8 Å². The highest BCUT2D eigenvalue weighted by molar-refractivity contribution is 5.95. The van der Waals surface area contributed by atoms with E-state index in [0.717, 1.165) is 21.9 Å². The van der Waals surface area contributed by atoms with Crippen molar-refractivity contribution in [1.29, 1.82) is 0 Å². The molecule has 0 bridgehead atoms. The number of fused-ring (bicyclic) bond motifs is 1. The topological polar surface area (TPSA) is 52.6 Å². The van der Waals surface area contributed by atoms with Gasteiger partial charge in [0, 0.05) is 25.0 Å². The minimum Gasteiger partial charge on any atom is -0.422 e. The third kappa shape index (κ3) is 3.54. The minimum atomic E-state index is -0.478. The number of hydrogen-bond donors (Lipinski definition) is 0. The van der Waals surface area contributed by atoms with Gasteiger partial charge in [0.15, 0.2) is 11.5 Å². The molecule has 2 aromatic rings. The lowest BCUT2D eigenvalue weighted by molar-refractivity contribution is -0.134. The van der Waals surface area contributed by atoms with Crippen LogP contribution in [0.4, 0.5) is 0 Å². The normalized spacial score (nSPS) is 10.2. The first kappa shape index (κ1) is 17.5. The quantitative estimate of drug-likeness (QED) is 0.455. The number of rotatable bonds is 6. The van der Waals surface area contributed by atoms with Gasteiger partial charge in [-0.05, 0) is 23.6 Å². The van der Waals surface area contributed by atoms with E-state index in [1.54, 1.807) is 12.2 Å². The Morgan fingerprint density at radius 3 is 1.54 bits per heavy atom. The lowest BCUT2D eigenvalue weighted by Gasteiger charge is -2.19. The van der Waals surface area contributed by atoms with Crippen LogP contribution in [0.3, 0.4) is 0 Å². The van der Waals surface area contributed by atoms with E-state index in [1.807, 2.05) is 24.3 Å². The van der Waals surface area contributed by atoms with Gasteiger partial charge in [0.25, 0.3) is 0 Å². The predicted molar refractivity (Wildman–Crippen MR) is 94.4 cm³/mol. The molecule has 0 unspecified atom stereocenters. The highest BCUT2D eigenvalue weighted by Crippen LogP contribution is 2.43. The van der Waals surface area contributed by atoms with E-state index in [2.05, 4.69) is 13.2 Å². The smallest absolute Gasteiger partial charge is 0.308 e. The monoisotopic (exact) mass is 324 g/mol. The molecule has 0 N–H and O–H groups in total. The Hall–Kier alpha value is -2.88. The summed E-state index contributed by atoms with van der Waals surface area (Å²) in [4.78, 5) is 23.2. The van der Waals surface area contributed by atoms with E-state index in [4.69, 9.17) is 9.47 Å². The van der Waals surface area contributed by atoms with Crippen LogP contribution in [0.1, 0.15) is 25.0 Å². The van der Waals surface area contributed by atoms with Gasteiger partial charge in [-0.1, -0.05) is 36.4 Å². The zero-order chi connectivity index (χ0) is 17.7. The SMILES string of the molecule is C=CCc1c(OC(C)=O)c(OC(C)=O)c(CC=C)c2ccccc12. The zero-order valence-electron chi connectivity index (χ0n) is 13.9. The van der Waals surface area contributed by atoms with E-state index < -0.39 is 11.9 Å². The van der Waals surface area contributed by atoms with Crippen molar-refractivity contribution in [3.05, 3.63) is 60.7 Å². The Balaban J connectivity index is 2.94. The molecular formula is C20H20O4. The van der Waals surface area contributed by atoms with Gasteiger partial charge in [-0.2, -0.15) is 0 Å². The molecule has 24 heavy (non-hydrogen) atoms. The standard InChI is InChI=1S/C20H20O4/c1-5-9-17-15-11-7-8-12-16(15)18(10-6-2)20(24-14(4)22)19(17)23-13(3)21/h5-8,11-12H,1-2,9-10H2,3-4H3. The number of carbonyl (C=O) groups excluding carboxylic acids is 2. The summed E-state index contributed by atoms with van der Waals surface area (Å²) in [5.74, 6) is -0.414. The maximum Gasteiger partial charge on any atom is 0.308 e. The molecule has 0 fully saturated rings. The first-order valence-corrected chi connectivity index (χ1v) is 7.64. The number of carbonyl (C=O) groups is 2. The van der Waals surface area contributed by atoms with Crippen molar-refractivity contribution >= 4 is 22.7 Å². The Bertz CT molecular complexity index is 749. The van der Waals surface area contributed by atoms with E-state index in [-0.39, 0.29) is 11.5 Å². The van der Waals surface area contributed by atoms with Crippen LogP contribution in [0.5, 0.6) is 11.5 Å². The summed E-state index contributed by atoms with van der Waals surface area (Å²) in [6.45, 7) is 10.2. The predicted octanol–water partition coefficient (Wildman–Crippen LogP) is 4.15. The fourth-order valence-electron chi connectivity index (χ4n) is 2.73. The number of esters is 2. The number of ether oxygens (including phenoxy) is 2. The first-order chi connectivity index (χ1) is 11.5. The zero-order valence-corrected chi connectivity index (χ0v) is 13.9. The maximum atomic E-state index is 11.6. The second kappa shape index (κ2) is 7.59. The number of benzene rings is 2. The van der Waals surface area contributed by atoms with Crippen molar-refractivity contribution in [3.8, 4) is 11.5 Å². The summed E-state index contributed by atoms with van der Waals surface area (Å²) in [6.07, 6.45) is 4.40. The molecule has 0 saturated carbocycles. The van der Waals surface area contributed by atoms with Gasteiger partial charge >= 0.3 is 11.9 Å². The molecule has 0 saturated heterocycles. The van der Waals surface area contributed by atoms with Crippen molar-refractivity contribution in [1.82, 2.24) is 0 Å². The molecule has 0 aliphatic heterocycles. The molecule has 0 atom stereocenters. The van der Waals surface area contributed by atoms with Gasteiger partial charge in [0.2, 0.25) is 0 Å². The molecule has 0 aromatic heterocycles. The molecule has 0 amide bonds. The van der Waals surface area contributed by atoms with Crippen LogP contribution in [-0.2, 0) is 22.4 Å². The largest absolute Gasteiger partial charge is 0.422 e. The van der Waals surface area contributed by atoms with Crippen molar-refractivity contribution < 1.29 is 19.1 Å². The molecule has 124 valence electrons. The van der Waals surface area contributed by atoms with Crippen molar-refractivity contribution in [2.45, 2.75) is 26.7 Å². The fraction of sp³-hybridized carbons (Fsp3) is 0.200. The average Bonchev–Trinajstić information content (AvgIpc) is 2.53. The Morgan fingerprint density at radius 2 is 1.25 bits per heavy atom. The summed E-state index contributed by atoms with van der Waals surface area (Å²) >= 11 is 0. The molecule has 4 nitrogen and oxygen atoms in total. The number of allylic oxidation sites excluding steroid dienone is 2. The third-order valence-corrected chi connectivity index (χ3v) is 3.52. The third-order valence-electron chi connectivity index (χ3n) is 3.52. The van der Waals surface area contributed by atoms with E-state index >= 15 is 0 Å². The summed E-state index contributed by atoms with van der Waals surface area (Å²) in [5.41, 5.74) is 1.53. The van der Waals surface area contributed by atoms with Gasteiger partial charge in [0.1, 0.15) is 0 Å². The maximum absolute atomic E-state index is 11.6. The molecule has 0 aliphatic carbocycles. The lowest BCUT2D eigenvalue weighted by atomic mass is 9.94. The molecule has 0 spiro atoms. The first-order valence-electron chi connectivity index (χ1n) is 7.64. The van der Waals surface area contributed by atoms with Crippen molar-refractivity contribution in [2.75, 3.05) is 0 Å². The fourth-order valence-corrected chi connectivity index (χ4v) is 2.73. The molecule has 2 rings (SSSR count). The molecule has 0 aliphatic rings. The van der Waals surface area contributed by atoms with Crippen molar-refractivity contribution in [2.24, 2.45) is 0 Å². The van der Waals surface area contributed by atoms with Crippen LogP contribution in [0.2, 0.25) is 0 Å². The second-order valence-electron chi connectivity index (χ2n) is 5.33. The Morgan fingerprint density at radius 1 is 0.875 bits per heavy atom. The van der Waals surface area contributed by atoms with Crippen LogP contribution in [0.25, 0.3) is 10.8 Å². The van der Waals surface area contributed by atoms with Crippen LogP contribution in [0.15, 0.2) is 49.6 Å². The van der Waals surface area contributed by atoms with Gasteiger partial charge in [-0.3, -0.25) is 9.59 Å². The Kier molecular flexibility index (Phi) is 5.53. The average molecular weight is 324 g/mol. The lowest BCUT2D eigenvalue weighted by Crippen LogP contribution is -2.11. The molecule has 2 aromatic carbocycles. The van der Waals surface area contributed by atoms with Crippen LogP contribution < -0.4 is 9.47 Å². The highest BCUT2D eigenvalue weighted by atomic mass is 16.6. The van der Waals surface area contributed by atoms with Crippen molar-refractivity contribution in [3.63, 3.8) is 0 Å². The van der Waals surface area contributed by atoms with Gasteiger partial charge in [0.05, 0.1) is 0 Å². The summed E-state index contributed by atoms with van der Waals surface area (Å²) in [7, 11) is 0. The Labute approximate surface area is 141 Å². The minimum absolute atomic E-state index is 0.271. The summed E-state index contributed by atoms with van der Waals surface area (Å²) < 4.78 is 10.9. The van der Waals surface area contributed by atoms with Crippen LogP contribution in [0, 0.1) is 0 Å². The van der Waals surface area contributed by atoms with E-state index in [1.165, 1.54) is 13.8 Å². The van der Waals surface area contributed by atoms with Crippen LogP contribution >= 0.6 is 0 Å². The molecular weight excluding hydrogens is 304 g/mol. The van der Waals surface area contributed by atoms with Crippen LogP contribution in [-0.4, -0.2) is 11.9 Å². The summed E-state index contributed by atoms with van der Waals surface area (Å²) in [6, 6.07) is 7.72. The number of hydrogen-bond acceptors (Lipinski definition) is 4. The molecule has 4 heteroatoms. The molecule has 0 heterocycles. The highest BCUT2D eigenvalue weighted by Gasteiger charge is 2.23. The molecule has 0 radical (unpaired) electrons. The summed E-state index contributed by atoms with van der Waals surface area (Å²) in [5, 5.41) is 1.86.